The molecule has 0 radical (unpaired) electrons. The van der Waals surface area contributed by atoms with Crippen LogP contribution in [-0.4, -0.2) is 32.7 Å². The molecular formula is C12H13ClO4. The first-order valence-corrected chi connectivity index (χ1v) is 5.69. The van der Waals surface area contributed by atoms with Crippen molar-refractivity contribution < 1.29 is 19.0 Å². The van der Waals surface area contributed by atoms with Gasteiger partial charge in [-0.2, -0.15) is 0 Å². The molecule has 1 saturated heterocycles. The van der Waals surface area contributed by atoms with Gasteiger partial charge < -0.3 is 14.2 Å². The van der Waals surface area contributed by atoms with Gasteiger partial charge in [0.05, 0.1) is 25.9 Å². The first kappa shape index (κ1) is 12.2. The number of carbonyl (C=O) groups excluding carboxylic acids is 1. The third-order valence-electron chi connectivity index (χ3n) is 2.57. The molecule has 0 aliphatic carbocycles. The summed E-state index contributed by atoms with van der Waals surface area (Å²) in [5.41, 5.74) is 0.390. The molecule has 2 rings (SSSR count). The summed E-state index contributed by atoms with van der Waals surface area (Å²) in [5, 5.41) is 0.443. The molecule has 0 N–H and O–H groups in total. The van der Waals surface area contributed by atoms with Gasteiger partial charge >= 0.3 is 0 Å². The lowest BCUT2D eigenvalue weighted by Crippen LogP contribution is -2.17. The minimum atomic E-state index is -0.0382. The smallest absolute Gasteiger partial charge is 0.172 e. The molecule has 1 atom stereocenters. The maximum Gasteiger partial charge on any atom is 0.172 e. The van der Waals surface area contributed by atoms with Crippen molar-refractivity contribution in [2.75, 3.05) is 20.3 Å². The molecule has 0 aromatic heterocycles. The second-order valence-electron chi connectivity index (χ2n) is 3.75. The third kappa shape index (κ3) is 2.70. The van der Waals surface area contributed by atoms with E-state index in [-0.39, 0.29) is 6.10 Å². The topological polar surface area (TPSA) is 44.8 Å². The summed E-state index contributed by atoms with van der Waals surface area (Å²) in [5.74, 6) is 0.897. The van der Waals surface area contributed by atoms with E-state index in [0.717, 1.165) is 6.42 Å². The van der Waals surface area contributed by atoms with Gasteiger partial charge in [-0.1, -0.05) is 11.6 Å². The molecule has 1 unspecified atom stereocenters. The van der Waals surface area contributed by atoms with Crippen LogP contribution in [0.2, 0.25) is 5.02 Å². The van der Waals surface area contributed by atoms with Gasteiger partial charge in [0.25, 0.3) is 0 Å². The van der Waals surface area contributed by atoms with E-state index < -0.39 is 0 Å². The summed E-state index contributed by atoms with van der Waals surface area (Å²) in [7, 11) is 1.51. The SMILES string of the molecule is COc1cc(Cl)cc(C=O)c1OC1CCOC1. The van der Waals surface area contributed by atoms with Crippen LogP contribution in [0.3, 0.4) is 0 Å². The van der Waals surface area contributed by atoms with E-state index in [1.54, 1.807) is 12.1 Å². The standard InChI is InChI=1S/C12H13ClO4/c1-15-11-5-9(13)4-8(6-14)12(11)17-10-2-3-16-7-10/h4-6,10H,2-3,7H2,1H3. The van der Waals surface area contributed by atoms with Crippen LogP contribution in [0, 0.1) is 0 Å². The summed E-state index contributed by atoms with van der Waals surface area (Å²) in [6, 6.07) is 3.18. The molecular weight excluding hydrogens is 244 g/mol. The summed E-state index contributed by atoms with van der Waals surface area (Å²) < 4.78 is 16.1. The predicted octanol–water partition coefficient (Wildman–Crippen LogP) is 2.33. The lowest BCUT2D eigenvalue weighted by Gasteiger charge is -2.16. The Kier molecular flexibility index (Phi) is 3.86. The van der Waals surface area contributed by atoms with Crippen LogP contribution in [0.15, 0.2) is 12.1 Å². The second kappa shape index (κ2) is 5.38. The molecule has 1 aromatic rings. The van der Waals surface area contributed by atoms with Crippen LogP contribution < -0.4 is 9.47 Å². The van der Waals surface area contributed by atoms with Crippen molar-refractivity contribution in [2.24, 2.45) is 0 Å². The van der Waals surface area contributed by atoms with Crippen LogP contribution in [0.25, 0.3) is 0 Å². The average molecular weight is 257 g/mol. The van der Waals surface area contributed by atoms with Crippen molar-refractivity contribution in [3.05, 3.63) is 22.7 Å². The second-order valence-corrected chi connectivity index (χ2v) is 4.18. The Morgan fingerprint density at radius 1 is 1.53 bits per heavy atom. The van der Waals surface area contributed by atoms with Crippen LogP contribution in [0.5, 0.6) is 11.5 Å². The quantitative estimate of drug-likeness (QED) is 0.776. The van der Waals surface area contributed by atoms with E-state index in [9.17, 15) is 4.79 Å². The molecule has 1 aliphatic rings. The highest BCUT2D eigenvalue weighted by Gasteiger charge is 2.21. The van der Waals surface area contributed by atoms with Crippen LogP contribution in [0.4, 0.5) is 0 Å². The number of hydrogen-bond acceptors (Lipinski definition) is 4. The van der Waals surface area contributed by atoms with Crippen molar-refractivity contribution >= 4 is 17.9 Å². The normalized spacial score (nSPS) is 19.1. The molecule has 1 aliphatic heterocycles. The summed E-state index contributed by atoms with van der Waals surface area (Å²) in [6.07, 6.45) is 1.48. The Morgan fingerprint density at radius 2 is 2.35 bits per heavy atom. The van der Waals surface area contributed by atoms with Gasteiger partial charge in [-0.15, -0.1) is 0 Å². The fourth-order valence-corrected chi connectivity index (χ4v) is 1.94. The van der Waals surface area contributed by atoms with Crippen LogP contribution in [-0.2, 0) is 4.74 Å². The summed E-state index contributed by atoms with van der Waals surface area (Å²) >= 11 is 5.88. The molecule has 0 spiro atoms. The molecule has 0 bridgehead atoms. The van der Waals surface area contributed by atoms with E-state index in [1.807, 2.05) is 0 Å². The number of rotatable bonds is 4. The number of ether oxygens (including phenoxy) is 3. The zero-order chi connectivity index (χ0) is 12.3. The summed E-state index contributed by atoms with van der Waals surface area (Å²) in [4.78, 5) is 11.0. The van der Waals surface area contributed by atoms with E-state index in [2.05, 4.69) is 0 Å². The van der Waals surface area contributed by atoms with Crippen molar-refractivity contribution in [3.63, 3.8) is 0 Å². The van der Waals surface area contributed by atoms with Crippen molar-refractivity contribution in [3.8, 4) is 11.5 Å². The van der Waals surface area contributed by atoms with E-state index >= 15 is 0 Å². The predicted molar refractivity (Wildman–Crippen MR) is 63.2 cm³/mol. The lowest BCUT2D eigenvalue weighted by atomic mass is 10.2. The molecule has 0 amide bonds. The lowest BCUT2D eigenvalue weighted by molar-refractivity contribution is 0.110. The molecule has 1 fully saturated rings. The Hall–Kier alpha value is -1.26. The number of methoxy groups -OCH3 is 1. The Bertz CT molecular complexity index is 413. The average Bonchev–Trinajstić information content (AvgIpc) is 2.83. The third-order valence-corrected chi connectivity index (χ3v) is 2.79. The van der Waals surface area contributed by atoms with Crippen molar-refractivity contribution in [1.29, 1.82) is 0 Å². The first-order valence-electron chi connectivity index (χ1n) is 5.31. The molecule has 0 saturated carbocycles. The first-order chi connectivity index (χ1) is 8.24. The molecule has 17 heavy (non-hydrogen) atoms. The number of hydrogen-bond donors (Lipinski definition) is 0. The minimum Gasteiger partial charge on any atom is -0.493 e. The zero-order valence-electron chi connectivity index (χ0n) is 9.44. The highest BCUT2D eigenvalue weighted by molar-refractivity contribution is 6.31. The number of carbonyl (C=O) groups is 1. The van der Waals surface area contributed by atoms with Gasteiger partial charge in [-0.05, 0) is 6.07 Å². The van der Waals surface area contributed by atoms with Gasteiger partial charge in [0.1, 0.15) is 6.10 Å². The minimum absolute atomic E-state index is 0.0382. The van der Waals surface area contributed by atoms with Crippen molar-refractivity contribution in [2.45, 2.75) is 12.5 Å². The number of benzene rings is 1. The van der Waals surface area contributed by atoms with Crippen LogP contribution >= 0.6 is 11.6 Å². The maximum atomic E-state index is 11.0. The van der Waals surface area contributed by atoms with Gasteiger partial charge in [-0.3, -0.25) is 4.79 Å². The van der Waals surface area contributed by atoms with Crippen molar-refractivity contribution in [1.82, 2.24) is 0 Å². The largest absolute Gasteiger partial charge is 0.493 e. The monoisotopic (exact) mass is 256 g/mol. The van der Waals surface area contributed by atoms with Gasteiger partial charge in [0, 0.05) is 17.5 Å². The molecule has 1 heterocycles. The molecule has 4 nitrogen and oxygen atoms in total. The Morgan fingerprint density at radius 3 is 2.94 bits per heavy atom. The fraction of sp³-hybridized carbons (Fsp3) is 0.417. The maximum absolute atomic E-state index is 11.0. The van der Waals surface area contributed by atoms with Gasteiger partial charge in [0.2, 0.25) is 0 Å². The fourth-order valence-electron chi connectivity index (χ4n) is 1.73. The zero-order valence-corrected chi connectivity index (χ0v) is 10.2. The van der Waals surface area contributed by atoms with E-state index in [0.29, 0.717) is 41.6 Å². The number of halogens is 1. The molecule has 5 heteroatoms. The van der Waals surface area contributed by atoms with E-state index in [4.69, 9.17) is 25.8 Å². The highest BCUT2D eigenvalue weighted by Crippen LogP contribution is 2.35. The Balaban J connectivity index is 2.31. The Labute approximate surface area is 104 Å². The summed E-state index contributed by atoms with van der Waals surface area (Å²) in [6.45, 7) is 1.21. The molecule has 1 aromatic carbocycles. The van der Waals surface area contributed by atoms with Gasteiger partial charge in [0.15, 0.2) is 17.8 Å². The van der Waals surface area contributed by atoms with Crippen LogP contribution in [0.1, 0.15) is 16.8 Å². The van der Waals surface area contributed by atoms with Gasteiger partial charge in [-0.25, -0.2) is 0 Å². The molecule has 92 valence electrons. The highest BCUT2D eigenvalue weighted by atomic mass is 35.5. The number of aldehydes is 1. The van der Waals surface area contributed by atoms with E-state index in [1.165, 1.54) is 7.11 Å².